The van der Waals surface area contributed by atoms with Gasteiger partial charge in [0.1, 0.15) is 0 Å². The quantitative estimate of drug-likeness (QED) is 0.293. The lowest BCUT2D eigenvalue weighted by atomic mass is 10.1. The fourth-order valence-corrected chi connectivity index (χ4v) is 1.32. The summed E-state index contributed by atoms with van der Waals surface area (Å²) in [4.78, 5) is 22.7. The molecule has 0 amide bonds. The maximum absolute atomic E-state index is 12.2. The maximum atomic E-state index is 12.2. The van der Waals surface area contributed by atoms with Crippen LogP contribution in [0, 0.1) is 10.4 Å². The molecular weight excluding hydrogens is 292 g/mol. The molecule has 8 nitrogen and oxygen atoms in total. The Morgan fingerprint density at radius 3 is 1.32 bits per heavy atom. The molecule has 8 heteroatoms. The summed E-state index contributed by atoms with van der Waals surface area (Å²) in [5.74, 6) is -0.898. The van der Waals surface area contributed by atoms with Crippen LogP contribution in [0.25, 0.3) is 0 Å². The fourth-order valence-electron chi connectivity index (χ4n) is 1.32. The third-order valence-electron chi connectivity index (χ3n) is 2.95. The molecule has 0 saturated carbocycles. The average molecular weight is 318 g/mol. The lowest BCUT2D eigenvalue weighted by Crippen LogP contribution is -2.49. The zero-order valence-corrected chi connectivity index (χ0v) is 14.2. The molecule has 0 bridgehead atoms. The first-order valence-electron chi connectivity index (χ1n) is 7.23. The van der Waals surface area contributed by atoms with Gasteiger partial charge in [0.15, 0.2) is 13.2 Å². The van der Waals surface area contributed by atoms with Crippen LogP contribution in [-0.4, -0.2) is 46.0 Å². The first-order valence-corrected chi connectivity index (χ1v) is 7.23. The van der Waals surface area contributed by atoms with Gasteiger partial charge >= 0.3 is 11.9 Å². The van der Waals surface area contributed by atoms with Crippen molar-refractivity contribution in [3.8, 4) is 0 Å². The number of nitrogens with zero attached hydrogens (tertiary/aromatic N) is 2. The summed E-state index contributed by atoms with van der Waals surface area (Å²) in [5.41, 5.74) is -2.47. The van der Waals surface area contributed by atoms with Gasteiger partial charge in [0, 0.05) is 50.3 Å². The molecule has 0 fully saturated rings. The Bertz CT molecular complexity index is 403. The van der Waals surface area contributed by atoms with Crippen molar-refractivity contribution in [2.45, 2.75) is 65.5 Å². The van der Waals surface area contributed by atoms with Crippen molar-refractivity contribution in [1.29, 1.82) is 0 Å². The molecule has 128 valence electrons. The molecule has 0 saturated heterocycles. The Kier molecular flexibility index (Phi) is 7.28. The normalized spacial score (nSPS) is 13.4. The van der Waals surface area contributed by atoms with Crippen molar-refractivity contribution in [3.05, 3.63) is 10.4 Å². The first-order chi connectivity index (χ1) is 9.97. The van der Waals surface area contributed by atoms with E-state index in [1.54, 1.807) is 13.8 Å². The van der Waals surface area contributed by atoms with E-state index in [0.717, 1.165) is 0 Å². The number of hydroxylamine groups is 2. The molecule has 0 N–H and O–H groups in total. The molecule has 0 aliphatic heterocycles. The molecule has 0 aromatic carbocycles. The first kappa shape index (κ1) is 20.1. The predicted octanol–water partition coefficient (Wildman–Crippen LogP) is 1.92. The molecule has 0 aliphatic rings. The van der Waals surface area contributed by atoms with E-state index >= 15 is 0 Å². The molecule has 0 atom stereocenters. The van der Waals surface area contributed by atoms with E-state index in [0.29, 0.717) is 0 Å². The van der Waals surface area contributed by atoms with Gasteiger partial charge in [0.2, 0.25) is 0 Å². The van der Waals surface area contributed by atoms with Gasteiger partial charge < -0.3 is 19.9 Å². The summed E-state index contributed by atoms with van der Waals surface area (Å²) in [6.07, 6.45) is 0.378. The van der Waals surface area contributed by atoms with E-state index in [9.17, 15) is 20.0 Å². The second-order valence-corrected chi connectivity index (χ2v) is 6.20. The third-order valence-corrected chi connectivity index (χ3v) is 2.95. The maximum Gasteiger partial charge on any atom is 0.305 e. The van der Waals surface area contributed by atoms with E-state index < -0.39 is 23.0 Å². The van der Waals surface area contributed by atoms with Gasteiger partial charge in [-0.25, -0.2) is 0 Å². The van der Waals surface area contributed by atoms with Gasteiger partial charge in [-0.05, 0) is 0 Å². The van der Waals surface area contributed by atoms with E-state index in [1.165, 1.54) is 27.7 Å². The average Bonchev–Trinajstić information content (AvgIpc) is 2.48. The molecule has 22 heavy (non-hydrogen) atoms. The van der Waals surface area contributed by atoms with Crippen LogP contribution in [-0.2, 0) is 19.1 Å². The summed E-state index contributed by atoms with van der Waals surface area (Å²) >= 11 is 0. The Morgan fingerprint density at radius 1 is 0.818 bits per heavy atom. The summed E-state index contributed by atoms with van der Waals surface area (Å²) in [7, 11) is 0. The molecule has 0 aromatic heterocycles. The number of ether oxygens (including phenoxy) is 2. The number of hydrogen-bond acceptors (Lipinski definition) is 6. The van der Waals surface area contributed by atoms with Crippen LogP contribution < -0.4 is 0 Å². The topological polar surface area (TPSA) is 105 Å². The number of esters is 2. The van der Waals surface area contributed by atoms with Crippen LogP contribution in [0.3, 0.4) is 0 Å². The fraction of sp³-hybridized carbons (Fsp3) is 0.857. The minimum Gasteiger partial charge on any atom is -0.566 e. The molecule has 0 heterocycles. The number of rotatable bonds is 8. The van der Waals surface area contributed by atoms with Crippen molar-refractivity contribution in [3.63, 3.8) is 0 Å². The molecule has 0 spiro atoms. The van der Waals surface area contributed by atoms with E-state index in [1.807, 2.05) is 0 Å². The number of carbonyl (C=O) groups excluding carboxylic acids is 2. The number of hydrogen-bond donors (Lipinski definition) is 0. The molecular formula is C14H26N2O6. The van der Waals surface area contributed by atoms with Crippen molar-refractivity contribution in [2.24, 2.45) is 0 Å². The van der Waals surface area contributed by atoms with Crippen LogP contribution in [0.4, 0.5) is 0 Å². The minimum absolute atomic E-state index is 0.189. The highest BCUT2D eigenvalue weighted by atomic mass is 16.6. The van der Waals surface area contributed by atoms with Gasteiger partial charge in [0.05, 0.1) is 0 Å². The summed E-state index contributed by atoms with van der Waals surface area (Å²) in [5, 5.41) is 24.4. The van der Waals surface area contributed by atoms with Crippen LogP contribution >= 0.6 is 0 Å². The Hall–Kier alpha value is -1.86. The van der Waals surface area contributed by atoms with Gasteiger partial charge in [-0.15, -0.1) is 0 Å². The molecule has 0 radical (unpaired) electrons. The largest absolute Gasteiger partial charge is 0.566 e. The lowest BCUT2D eigenvalue weighted by molar-refractivity contribution is -1.02. The molecule has 0 unspecified atom stereocenters. The van der Waals surface area contributed by atoms with Crippen LogP contribution in [0.15, 0.2) is 0 Å². The van der Waals surface area contributed by atoms with Crippen molar-refractivity contribution >= 4 is 11.9 Å². The minimum atomic E-state index is -1.24. The van der Waals surface area contributed by atoms with Crippen molar-refractivity contribution in [1.82, 2.24) is 0 Å². The predicted molar refractivity (Wildman–Crippen MR) is 77.9 cm³/mol. The number of carbonyl (C=O) groups is 2. The van der Waals surface area contributed by atoms with E-state index in [4.69, 9.17) is 9.47 Å². The number of azo groups is 1. The van der Waals surface area contributed by atoms with E-state index in [2.05, 4.69) is 0 Å². The smallest absolute Gasteiger partial charge is 0.305 e. The second kappa shape index (κ2) is 7.95. The highest BCUT2D eigenvalue weighted by Crippen LogP contribution is 2.16. The summed E-state index contributed by atoms with van der Waals surface area (Å²) in [6, 6.07) is 0. The highest BCUT2D eigenvalue weighted by molar-refractivity contribution is 5.69. The monoisotopic (exact) mass is 318 g/mol. The van der Waals surface area contributed by atoms with Crippen molar-refractivity contribution in [2.75, 3.05) is 13.2 Å². The second-order valence-electron chi connectivity index (χ2n) is 6.20. The van der Waals surface area contributed by atoms with Gasteiger partial charge in [-0.3, -0.25) is 9.59 Å². The summed E-state index contributed by atoms with van der Waals surface area (Å²) < 4.78 is 9.85. The van der Waals surface area contributed by atoms with Crippen LogP contribution in [0.5, 0.6) is 0 Å². The standard InChI is InChI=1S/C14H26N2O6/c1-7-11(17)21-9-13(3,4)15(19)16(20)14(5,6)10-22-12(18)8-2/h7-10H2,1-6H3/b16-15+. The molecule has 0 rings (SSSR count). The van der Waals surface area contributed by atoms with Crippen LogP contribution in [0.2, 0.25) is 0 Å². The molecule has 0 aromatic rings. The van der Waals surface area contributed by atoms with Crippen molar-refractivity contribution < 1.29 is 28.8 Å². The lowest BCUT2D eigenvalue weighted by Gasteiger charge is -2.25. The zero-order valence-electron chi connectivity index (χ0n) is 14.2. The summed E-state index contributed by atoms with van der Waals surface area (Å²) in [6.45, 7) is 8.79. The van der Waals surface area contributed by atoms with Gasteiger partial charge in [-0.1, -0.05) is 13.8 Å². The SMILES string of the molecule is CCC(=O)OCC(C)(C)/[N+]([O-])=[N+](\[O-])C(C)(C)COC(=O)CC. The van der Waals surface area contributed by atoms with Gasteiger partial charge in [-0.2, -0.15) is 0 Å². The van der Waals surface area contributed by atoms with E-state index in [-0.39, 0.29) is 35.8 Å². The van der Waals surface area contributed by atoms with Crippen LogP contribution in [0.1, 0.15) is 54.4 Å². The molecule has 0 aliphatic carbocycles. The van der Waals surface area contributed by atoms with Gasteiger partial charge in [0.25, 0.3) is 11.1 Å². The zero-order chi connectivity index (χ0) is 17.6. The Balaban J connectivity index is 5.06. The highest BCUT2D eigenvalue weighted by Gasteiger charge is 2.42. The third kappa shape index (κ3) is 5.87. The Labute approximate surface area is 130 Å². The Morgan fingerprint density at radius 2 is 1.09 bits per heavy atom.